The fourth-order valence-electron chi connectivity index (χ4n) is 4.48. The van der Waals surface area contributed by atoms with Crippen molar-refractivity contribution >= 4 is 0 Å². The van der Waals surface area contributed by atoms with E-state index in [2.05, 4.69) is 10.5 Å². The summed E-state index contributed by atoms with van der Waals surface area (Å²) in [5.74, 6) is 1.58. The molecule has 4 rings (SSSR count). The first-order valence-electron chi connectivity index (χ1n) is 10.8. The number of aromatic nitrogens is 1. The Morgan fingerprint density at radius 1 is 1.00 bits per heavy atom. The second-order valence-corrected chi connectivity index (χ2v) is 8.36. The lowest BCUT2D eigenvalue weighted by atomic mass is 9.89. The Morgan fingerprint density at radius 3 is 2.64 bits per heavy atom. The average molecular weight is 385 g/mol. The number of hydrogen-bond acceptors (Lipinski definition) is 5. The van der Waals surface area contributed by atoms with E-state index in [1.165, 1.54) is 32.1 Å². The highest BCUT2D eigenvalue weighted by Crippen LogP contribution is 2.26. The van der Waals surface area contributed by atoms with Crippen LogP contribution in [0.4, 0.5) is 0 Å². The number of aliphatic hydroxyl groups excluding tert-OH is 1. The number of nitrogens with one attached hydrogen (secondary N) is 1. The number of hydrogen-bond donors (Lipinski definition) is 2. The van der Waals surface area contributed by atoms with Gasteiger partial charge in [0.15, 0.2) is 5.76 Å². The molecule has 1 aromatic carbocycles. The molecule has 0 amide bonds. The van der Waals surface area contributed by atoms with Crippen molar-refractivity contribution in [2.45, 2.75) is 69.7 Å². The molecule has 0 spiro atoms. The molecule has 28 heavy (non-hydrogen) atoms. The van der Waals surface area contributed by atoms with Gasteiger partial charge in [-0.15, -0.1) is 0 Å². The van der Waals surface area contributed by atoms with Gasteiger partial charge in [0.25, 0.3) is 0 Å². The van der Waals surface area contributed by atoms with Crippen LogP contribution in [0.25, 0.3) is 11.3 Å². The standard InChI is InChI=1S/C23H32N2O3/c26-21-12-11-20(27-23(21)16-24-15-17-7-3-1-4-8-17)13-19-14-22(28-25-19)18-9-5-2-6-10-18/h2,5-6,9-10,14,17,20-21,23-24,26H,1,3-4,7-8,11-13,15-16H2/t20-,21-,23+/m0/s1. The number of aliphatic hydroxyl groups is 1. The minimum Gasteiger partial charge on any atom is -0.390 e. The molecule has 2 aromatic rings. The lowest BCUT2D eigenvalue weighted by Gasteiger charge is -2.34. The maximum Gasteiger partial charge on any atom is 0.167 e. The van der Waals surface area contributed by atoms with Gasteiger partial charge in [-0.25, -0.2) is 0 Å². The van der Waals surface area contributed by atoms with Crippen molar-refractivity contribution in [2.75, 3.05) is 13.1 Å². The molecule has 1 saturated heterocycles. The molecule has 0 bridgehead atoms. The Balaban J connectivity index is 1.26. The highest BCUT2D eigenvalue weighted by atomic mass is 16.5. The van der Waals surface area contributed by atoms with Gasteiger partial charge in [0, 0.05) is 24.6 Å². The van der Waals surface area contributed by atoms with Crippen molar-refractivity contribution in [3.05, 3.63) is 42.1 Å². The fraction of sp³-hybridized carbons (Fsp3) is 0.609. The molecule has 2 N–H and O–H groups in total. The highest BCUT2D eigenvalue weighted by molar-refractivity contribution is 5.56. The Labute approximate surface area is 167 Å². The summed E-state index contributed by atoms with van der Waals surface area (Å²) in [5.41, 5.74) is 1.94. The van der Waals surface area contributed by atoms with Gasteiger partial charge in [0.1, 0.15) is 0 Å². The largest absolute Gasteiger partial charge is 0.390 e. The van der Waals surface area contributed by atoms with E-state index in [4.69, 9.17) is 9.26 Å². The number of rotatable bonds is 7. The molecule has 0 radical (unpaired) electrons. The minimum atomic E-state index is -0.382. The van der Waals surface area contributed by atoms with Gasteiger partial charge in [-0.2, -0.15) is 0 Å². The zero-order valence-corrected chi connectivity index (χ0v) is 16.6. The average Bonchev–Trinajstić information content (AvgIpc) is 3.20. The Hall–Kier alpha value is -1.69. The van der Waals surface area contributed by atoms with E-state index in [9.17, 15) is 5.11 Å². The van der Waals surface area contributed by atoms with Crippen molar-refractivity contribution in [1.29, 1.82) is 0 Å². The normalized spacial score (nSPS) is 26.4. The lowest BCUT2D eigenvalue weighted by Crippen LogP contribution is -2.46. The van der Waals surface area contributed by atoms with Crippen LogP contribution in [0.5, 0.6) is 0 Å². The van der Waals surface area contributed by atoms with E-state index in [1.54, 1.807) is 0 Å². The molecular weight excluding hydrogens is 352 g/mol. The lowest BCUT2D eigenvalue weighted by molar-refractivity contribution is -0.115. The summed E-state index contributed by atoms with van der Waals surface area (Å²) in [6.07, 6.45) is 8.70. The first kappa shape index (κ1) is 19.6. The summed E-state index contributed by atoms with van der Waals surface area (Å²) in [4.78, 5) is 0. The van der Waals surface area contributed by atoms with Crippen molar-refractivity contribution in [2.24, 2.45) is 5.92 Å². The number of nitrogens with zero attached hydrogens (tertiary/aromatic N) is 1. The zero-order valence-electron chi connectivity index (χ0n) is 16.6. The molecule has 5 nitrogen and oxygen atoms in total. The zero-order chi connectivity index (χ0) is 19.2. The van der Waals surface area contributed by atoms with Crippen LogP contribution < -0.4 is 5.32 Å². The Morgan fingerprint density at radius 2 is 1.82 bits per heavy atom. The summed E-state index contributed by atoms with van der Waals surface area (Å²) in [7, 11) is 0. The first-order valence-corrected chi connectivity index (χ1v) is 10.8. The number of benzene rings is 1. The molecule has 2 heterocycles. The van der Waals surface area contributed by atoms with Crippen molar-refractivity contribution in [3.63, 3.8) is 0 Å². The summed E-state index contributed by atoms with van der Waals surface area (Å²) in [5, 5.41) is 18.1. The summed E-state index contributed by atoms with van der Waals surface area (Å²) < 4.78 is 11.7. The fourth-order valence-corrected chi connectivity index (χ4v) is 4.48. The van der Waals surface area contributed by atoms with Gasteiger partial charge < -0.3 is 19.7 Å². The number of ether oxygens (including phenoxy) is 1. The van der Waals surface area contributed by atoms with Crippen LogP contribution >= 0.6 is 0 Å². The van der Waals surface area contributed by atoms with Crippen LogP contribution in [-0.4, -0.2) is 41.7 Å². The minimum absolute atomic E-state index is 0.0820. The van der Waals surface area contributed by atoms with Crippen molar-refractivity contribution in [3.8, 4) is 11.3 Å². The van der Waals surface area contributed by atoms with E-state index in [1.807, 2.05) is 36.4 Å². The van der Waals surface area contributed by atoms with Crippen LogP contribution in [0.1, 0.15) is 50.6 Å². The molecule has 1 aliphatic carbocycles. The van der Waals surface area contributed by atoms with Crippen LogP contribution in [0.15, 0.2) is 40.9 Å². The van der Waals surface area contributed by atoms with E-state index in [0.29, 0.717) is 0 Å². The third-order valence-electron chi connectivity index (χ3n) is 6.14. The summed E-state index contributed by atoms with van der Waals surface area (Å²) in [6.45, 7) is 1.77. The Kier molecular flexibility index (Phi) is 6.78. The molecule has 1 aliphatic heterocycles. The van der Waals surface area contributed by atoms with Crippen molar-refractivity contribution in [1.82, 2.24) is 10.5 Å². The molecule has 2 fully saturated rings. The van der Waals surface area contributed by atoms with Gasteiger partial charge in [0.2, 0.25) is 0 Å². The predicted molar refractivity (Wildman–Crippen MR) is 109 cm³/mol. The highest BCUT2D eigenvalue weighted by Gasteiger charge is 2.30. The van der Waals surface area contributed by atoms with Gasteiger partial charge in [-0.1, -0.05) is 54.8 Å². The van der Waals surface area contributed by atoms with E-state index in [0.717, 1.165) is 55.3 Å². The third-order valence-corrected chi connectivity index (χ3v) is 6.14. The quantitative estimate of drug-likeness (QED) is 0.756. The van der Waals surface area contributed by atoms with Crippen LogP contribution in [0.3, 0.4) is 0 Å². The summed E-state index contributed by atoms with van der Waals surface area (Å²) in [6, 6.07) is 12.0. The predicted octanol–water partition coefficient (Wildman–Crippen LogP) is 3.96. The molecule has 3 atom stereocenters. The maximum absolute atomic E-state index is 10.3. The molecule has 152 valence electrons. The molecule has 5 heteroatoms. The van der Waals surface area contributed by atoms with E-state index >= 15 is 0 Å². The van der Waals surface area contributed by atoms with E-state index in [-0.39, 0.29) is 18.3 Å². The topological polar surface area (TPSA) is 67.5 Å². The molecule has 1 aromatic heterocycles. The summed E-state index contributed by atoms with van der Waals surface area (Å²) >= 11 is 0. The second kappa shape index (κ2) is 9.68. The first-order chi connectivity index (χ1) is 13.8. The van der Waals surface area contributed by atoms with Gasteiger partial charge in [-0.05, 0) is 38.1 Å². The van der Waals surface area contributed by atoms with Gasteiger partial charge in [0.05, 0.1) is 24.0 Å². The Bertz CT molecular complexity index is 712. The van der Waals surface area contributed by atoms with Crippen LogP contribution in [0.2, 0.25) is 0 Å². The van der Waals surface area contributed by atoms with Gasteiger partial charge >= 0.3 is 0 Å². The molecule has 1 saturated carbocycles. The van der Waals surface area contributed by atoms with E-state index < -0.39 is 0 Å². The SMILES string of the molecule is O[C@H]1CC[C@@H](Cc2cc(-c3ccccc3)on2)O[C@@H]1CNCC1CCCCC1. The monoisotopic (exact) mass is 384 g/mol. The maximum atomic E-state index is 10.3. The van der Waals surface area contributed by atoms with Crippen LogP contribution in [-0.2, 0) is 11.2 Å². The van der Waals surface area contributed by atoms with Crippen molar-refractivity contribution < 1.29 is 14.4 Å². The smallest absolute Gasteiger partial charge is 0.167 e. The second-order valence-electron chi connectivity index (χ2n) is 8.36. The third kappa shape index (κ3) is 5.22. The van der Waals surface area contributed by atoms with Gasteiger partial charge in [-0.3, -0.25) is 0 Å². The molecule has 0 unspecified atom stereocenters. The molecular formula is C23H32N2O3. The van der Waals surface area contributed by atoms with Crippen LogP contribution in [0, 0.1) is 5.92 Å². The molecule has 2 aliphatic rings.